The van der Waals surface area contributed by atoms with Crippen molar-refractivity contribution in [2.75, 3.05) is 0 Å². The quantitative estimate of drug-likeness (QED) is 0.619. The van der Waals surface area contributed by atoms with E-state index in [1.54, 1.807) is 11.8 Å². The summed E-state index contributed by atoms with van der Waals surface area (Å²) in [6.07, 6.45) is 1.82. The molecular formula is C14H14N4S. The summed E-state index contributed by atoms with van der Waals surface area (Å²) in [5, 5.41) is 18.1. The number of allylic oxidation sites excluding steroid dienone is 1. The van der Waals surface area contributed by atoms with Crippen molar-refractivity contribution in [2.24, 2.45) is 0 Å². The molecule has 0 aliphatic carbocycles. The minimum Gasteiger partial charge on any atom is -0.302 e. The van der Waals surface area contributed by atoms with Gasteiger partial charge < -0.3 is 4.57 Å². The Morgan fingerprint density at radius 1 is 1.42 bits per heavy atom. The van der Waals surface area contributed by atoms with Crippen molar-refractivity contribution in [3.63, 3.8) is 0 Å². The summed E-state index contributed by atoms with van der Waals surface area (Å²) in [4.78, 5) is 0. The molecule has 0 aliphatic rings. The van der Waals surface area contributed by atoms with Gasteiger partial charge in [0.1, 0.15) is 5.82 Å². The van der Waals surface area contributed by atoms with Gasteiger partial charge in [-0.05, 0) is 18.6 Å². The van der Waals surface area contributed by atoms with Crippen molar-refractivity contribution in [3.8, 4) is 6.07 Å². The molecule has 1 heterocycles. The predicted molar refractivity (Wildman–Crippen MR) is 75.7 cm³/mol. The third-order valence-corrected chi connectivity index (χ3v) is 3.72. The van der Waals surface area contributed by atoms with Crippen LogP contribution < -0.4 is 0 Å². The standard InChI is InChI=1S/C14H14N4S/c1-3-8-18-11(2)16-17-14(18)19-10-13-7-5-4-6-12(13)9-15/h3-7H,1,8,10H2,2H3. The molecule has 1 aromatic heterocycles. The number of benzene rings is 1. The van der Waals surface area contributed by atoms with Crippen LogP contribution in [0.5, 0.6) is 0 Å². The van der Waals surface area contributed by atoms with Crippen LogP contribution in [0.15, 0.2) is 42.1 Å². The lowest BCUT2D eigenvalue weighted by Crippen LogP contribution is -2.00. The van der Waals surface area contributed by atoms with Gasteiger partial charge in [0, 0.05) is 12.3 Å². The van der Waals surface area contributed by atoms with Crippen LogP contribution in [0.4, 0.5) is 0 Å². The van der Waals surface area contributed by atoms with E-state index in [4.69, 9.17) is 5.26 Å². The van der Waals surface area contributed by atoms with Crippen LogP contribution in [0.2, 0.25) is 0 Å². The number of aryl methyl sites for hydroxylation is 1. The third-order valence-electron chi connectivity index (χ3n) is 2.71. The summed E-state index contributed by atoms with van der Waals surface area (Å²) in [7, 11) is 0. The van der Waals surface area contributed by atoms with E-state index in [1.807, 2.05) is 41.8 Å². The summed E-state index contributed by atoms with van der Waals surface area (Å²) in [6.45, 7) is 6.35. The number of nitriles is 1. The molecule has 2 aromatic rings. The van der Waals surface area contributed by atoms with Crippen molar-refractivity contribution in [2.45, 2.75) is 24.4 Å². The minimum atomic E-state index is 0.695. The predicted octanol–water partition coefficient (Wildman–Crippen LogP) is 2.94. The fraction of sp³-hybridized carbons (Fsp3) is 0.214. The van der Waals surface area contributed by atoms with Gasteiger partial charge >= 0.3 is 0 Å². The van der Waals surface area contributed by atoms with Crippen LogP contribution in [-0.4, -0.2) is 14.8 Å². The van der Waals surface area contributed by atoms with Crippen LogP contribution in [0.25, 0.3) is 0 Å². The number of aromatic nitrogens is 3. The maximum atomic E-state index is 9.05. The van der Waals surface area contributed by atoms with Gasteiger partial charge in [0.25, 0.3) is 0 Å². The molecule has 0 amide bonds. The largest absolute Gasteiger partial charge is 0.302 e. The lowest BCUT2D eigenvalue weighted by atomic mass is 10.1. The van der Waals surface area contributed by atoms with E-state index in [9.17, 15) is 0 Å². The first-order chi connectivity index (χ1) is 9.26. The maximum Gasteiger partial charge on any atom is 0.191 e. The average Bonchev–Trinajstić information content (AvgIpc) is 2.78. The summed E-state index contributed by atoms with van der Waals surface area (Å²) in [5.74, 6) is 1.58. The highest BCUT2D eigenvalue weighted by atomic mass is 32.2. The second-order valence-electron chi connectivity index (χ2n) is 3.99. The molecule has 0 spiro atoms. The zero-order valence-corrected chi connectivity index (χ0v) is 11.5. The molecule has 2 rings (SSSR count). The van der Waals surface area contributed by atoms with Gasteiger partial charge in [-0.15, -0.1) is 16.8 Å². The Kier molecular flexibility index (Phi) is 4.37. The number of hydrogen-bond acceptors (Lipinski definition) is 4. The van der Waals surface area contributed by atoms with Crippen LogP contribution >= 0.6 is 11.8 Å². The van der Waals surface area contributed by atoms with Gasteiger partial charge in [-0.1, -0.05) is 36.0 Å². The SMILES string of the molecule is C=CCn1c(C)nnc1SCc1ccccc1C#N. The lowest BCUT2D eigenvalue weighted by Gasteiger charge is -2.06. The molecule has 5 heteroatoms. The molecule has 0 aliphatic heterocycles. The molecule has 0 saturated heterocycles. The topological polar surface area (TPSA) is 54.5 Å². The van der Waals surface area contributed by atoms with Crippen molar-refractivity contribution < 1.29 is 0 Å². The first-order valence-electron chi connectivity index (χ1n) is 5.87. The number of rotatable bonds is 5. The van der Waals surface area contributed by atoms with Crippen molar-refractivity contribution in [3.05, 3.63) is 53.9 Å². The van der Waals surface area contributed by atoms with E-state index in [0.29, 0.717) is 17.9 Å². The van der Waals surface area contributed by atoms with Gasteiger partial charge in [0.15, 0.2) is 5.16 Å². The smallest absolute Gasteiger partial charge is 0.191 e. The fourth-order valence-electron chi connectivity index (χ4n) is 1.71. The van der Waals surface area contributed by atoms with Gasteiger partial charge in [0.05, 0.1) is 11.6 Å². The fourth-order valence-corrected chi connectivity index (χ4v) is 2.70. The molecule has 4 nitrogen and oxygen atoms in total. The van der Waals surface area contributed by atoms with Crippen molar-refractivity contribution >= 4 is 11.8 Å². The highest BCUT2D eigenvalue weighted by Gasteiger charge is 2.09. The molecule has 0 fully saturated rings. The van der Waals surface area contributed by atoms with Gasteiger partial charge in [-0.2, -0.15) is 5.26 Å². The van der Waals surface area contributed by atoms with E-state index >= 15 is 0 Å². The Hall–Kier alpha value is -2.06. The molecule has 19 heavy (non-hydrogen) atoms. The number of thioether (sulfide) groups is 1. The summed E-state index contributed by atoms with van der Waals surface area (Å²) in [5.41, 5.74) is 1.72. The molecule has 0 radical (unpaired) electrons. The summed E-state index contributed by atoms with van der Waals surface area (Å²) in [6, 6.07) is 9.81. The zero-order chi connectivity index (χ0) is 13.7. The van der Waals surface area contributed by atoms with E-state index in [2.05, 4.69) is 22.8 Å². The van der Waals surface area contributed by atoms with Gasteiger partial charge in [0.2, 0.25) is 0 Å². The minimum absolute atomic E-state index is 0.695. The van der Waals surface area contributed by atoms with Crippen LogP contribution in [-0.2, 0) is 12.3 Å². The van der Waals surface area contributed by atoms with Gasteiger partial charge in [-0.3, -0.25) is 0 Å². The van der Waals surface area contributed by atoms with Crippen LogP contribution in [0, 0.1) is 18.3 Å². The van der Waals surface area contributed by atoms with Crippen molar-refractivity contribution in [1.82, 2.24) is 14.8 Å². The van der Waals surface area contributed by atoms with Crippen LogP contribution in [0.3, 0.4) is 0 Å². The third kappa shape index (κ3) is 3.04. The highest BCUT2D eigenvalue weighted by Crippen LogP contribution is 2.23. The van der Waals surface area contributed by atoms with E-state index in [0.717, 1.165) is 16.5 Å². The van der Waals surface area contributed by atoms with E-state index < -0.39 is 0 Å². The van der Waals surface area contributed by atoms with Crippen LogP contribution in [0.1, 0.15) is 17.0 Å². The zero-order valence-electron chi connectivity index (χ0n) is 10.7. The lowest BCUT2D eigenvalue weighted by molar-refractivity contribution is 0.703. The second kappa shape index (κ2) is 6.21. The van der Waals surface area contributed by atoms with Gasteiger partial charge in [-0.25, -0.2) is 0 Å². The molecule has 0 atom stereocenters. The Bertz CT molecular complexity index is 625. The highest BCUT2D eigenvalue weighted by molar-refractivity contribution is 7.98. The first-order valence-corrected chi connectivity index (χ1v) is 6.86. The monoisotopic (exact) mass is 270 g/mol. The summed E-state index contributed by atoms with van der Waals surface area (Å²) >= 11 is 1.58. The average molecular weight is 270 g/mol. The molecular weight excluding hydrogens is 256 g/mol. The number of nitrogens with zero attached hydrogens (tertiary/aromatic N) is 4. The summed E-state index contributed by atoms with van der Waals surface area (Å²) < 4.78 is 2.01. The Morgan fingerprint density at radius 2 is 2.21 bits per heavy atom. The molecule has 0 bridgehead atoms. The van der Waals surface area contributed by atoms with Crippen molar-refractivity contribution in [1.29, 1.82) is 5.26 Å². The molecule has 96 valence electrons. The second-order valence-corrected chi connectivity index (χ2v) is 4.93. The first kappa shape index (κ1) is 13.4. The Balaban J connectivity index is 2.15. The van der Waals surface area contributed by atoms with E-state index in [1.165, 1.54) is 0 Å². The Labute approximate surface area is 116 Å². The molecule has 0 unspecified atom stereocenters. The normalized spacial score (nSPS) is 10.1. The maximum absolute atomic E-state index is 9.05. The number of hydrogen-bond donors (Lipinski definition) is 0. The molecule has 0 saturated carbocycles. The van der Waals surface area contributed by atoms with E-state index in [-0.39, 0.29) is 0 Å². The molecule has 1 aromatic carbocycles. The Morgan fingerprint density at radius 3 is 2.95 bits per heavy atom. The molecule has 0 N–H and O–H groups in total.